The van der Waals surface area contributed by atoms with E-state index in [0.29, 0.717) is 12.2 Å². The van der Waals surface area contributed by atoms with Crippen molar-refractivity contribution in [3.05, 3.63) is 72.1 Å². The molecule has 0 aliphatic heterocycles. The van der Waals surface area contributed by atoms with E-state index in [0.717, 1.165) is 21.9 Å². The molecule has 0 saturated heterocycles. The third-order valence-electron chi connectivity index (χ3n) is 3.88. The molecule has 0 unspecified atom stereocenters. The number of hydrogen-bond donors (Lipinski definition) is 2. The zero-order valence-electron chi connectivity index (χ0n) is 14.0. The Bertz CT molecular complexity index is 916. The molecule has 1 aromatic heterocycles. The topological polar surface area (TPSA) is 71.1 Å². The van der Waals surface area contributed by atoms with E-state index in [9.17, 15) is 9.59 Å². The summed E-state index contributed by atoms with van der Waals surface area (Å²) in [7, 11) is 0. The molecule has 0 bridgehead atoms. The number of fused-ring (bicyclic) bond motifs is 1. The van der Waals surface area contributed by atoms with E-state index in [1.807, 2.05) is 48.5 Å². The zero-order valence-corrected chi connectivity index (χ0v) is 14.0. The predicted octanol–water partition coefficient (Wildman–Crippen LogP) is 3.05. The van der Waals surface area contributed by atoms with Crippen molar-refractivity contribution >= 4 is 28.3 Å². The van der Waals surface area contributed by atoms with Gasteiger partial charge in [0.1, 0.15) is 0 Å². The molecule has 2 N–H and O–H groups in total. The summed E-state index contributed by atoms with van der Waals surface area (Å²) in [5.74, 6) is -0.174. The van der Waals surface area contributed by atoms with E-state index in [1.54, 1.807) is 12.4 Å². The summed E-state index contributed by atoms with van der Waals surface area (Å²) in [4.78, 5) is 27.6. The number of carbonyl (C=O) groups is 2. The summed E-state index contributed by atoms with van der Waals surface area (Å²) >= 11 is 0. The standard InChI is InChI=1S/C20H19N3O2/c1-14(24)22-12-15-4-2-7-18(10-15)23-20(25)11-17-6-3-5-16-8-9-21-13-19(16)17/h2-10,13H,11-12H2,1H3,(H,22,24)(H,23,25). The van der Waals surface area contributed by atoms with Crippen LogP contribution in [0.1, 0.15) is 18.1 Å². The van der Waals surface area contributed by atoms with Crippen molar-refractivity contribution in [2.24, 2.45) is 0 Å². The van der Waals surface area contributed by atoms with Crippen LogP contribution in [0.2, 0.25) is 0 Å². The molecule has 5 nitrogen and oxygen atoms in total. The number of rotatable bonds is 5. The maximum atomic E-state index is 12.4. The van der Waals surface area contributed by atoms with Gasteiger partial charge < -0.3 is 10.6 Å². The molecule has 0 atom stereocenters. The average Bonchev–Trinajstić information content (AvgIpc) is 2.60. The van der Waals surface area contributed by atoms with Crippen molar-refractivity contribution in [1.29, 1.82) is 0 Å². The van der Waals surface area contributed by atoms with E-state index in [2.05, 4.69) is 15.6 Å². The summed E-state index contributed by atoms with van der Waals surface area (Å²) < 4.78 is 0. The molecule has 2 aromatic carbocycles. The largest absolute Gasteiger partial charge is 0.352 e. The third kappa shape index (κ3) is 4.41. The summed E-state index contributed by atoms with van der Waals surface area (Å²) in [6.45, 7) is 1.92. The molecule has 3 rings (SSSR count). The lowest BCUT2D eigenvalue weighted by atomic mass is 10.0. The predicted molar refractivity (Wildman–Crippen MR) is 98.0 cm³/mol. The van der Waals surface area contributed by atoms with Gasteiger partial charge in [0.25, 0.3) is 0 Å². The van der Waals surface area contributed by atoms with Crippen molar-refractivity contribution in [3.63, 3.8) is 0 Å². The quantitative estimate of drug-likeness (QED) is 0.754. The van der Waals surface area contributed by atoms with E-state index < -0.39 is 0 Å². The molecule has 3 aromatic rings. The third-order valence-corrected chi connectivity index (χ3v) is 3.88. The van der Waals surface area contributed by atoms with Crippen molar-refractivity contribution in [2.75, 3.05) is 5.32 Å². The maximum Gasteiger partial charge on any atom is 0.228 e. The molecule has 0 aliphatic carbocycles. The van der Waals surface area contributed by atoms with Crippen molar-refractivity contribution in [1.82, 2.24) is 10.3 Å². The Morgan fingerprint density at radius 3 is 2.76 bits per heavy atom. The second-order valence-corrected chi connectivity index (χ2v) is 5.85. The van der Waals surface area contributed by atoms with Gasteiger partial charge in [0.05, 0.1) is 6.42 Å². The first-order valence-corrected chi connectivity index (χ1v) is 8.06. The fraction of sp³-hybridized carbons (Fsp3) is 0.150. The first-order valence-electron chi connectivity index (χ1n) is 8.06. The Morgan fingerprint density at radius 2 is 1.92 bits per heavy atom. The second-order valence-electron chi connectivity index (χ2n) is 5.85. The van der Waals surface area contributed by atoms with Gasteiger partial charge in [-0.05, 0) is 34.7 Å². The normalized spacial score (nSPS) is 10.4. The molecule has 25 heavy (non-hydrogen) atoms. The highest BCUT2D eigenvalue weighted by atomic mass is 16.2. The van der Waals surface area contributed by atoms with Crippen LogP contribution in [0, 0.1) is 0 Å². The number of carbonyl (C=O) groups excluding carboxylic acids is 2. The number of aromatic nitrogens is 1. The molecule has 2 amide bonds. The summed E-state index contributed by atoms with van der Waals surface area (Å²) in [6.07, 6.45) is 3.80. The molecule has 126 valence electrons. The van der Waals surface area contributed by atoms with Crippen molar-refractivity contribution in [3.8, 4) is 0 Å². The smallest absolute Gasteiger partial charge is 0.228 e. The summed E-state index contributed by atoms with van der Waals surface area (Å²) in [5, 5.41) is 7.71. The fourth-order valence-electron chi connectivity index (χ4n) is 2.69. The Balaban J connectivity index is 1.70. The lowest BCUT2D eigenvalue weighted by molar-refractivity contribution is -0.119. The minimum Gasteiger partial charge on any atom is -0.352 e. The van der Waals surface area contributed by atoms with E-state index in [-0.39, 0.29) is 18.2 Å². The lowest BCUT2D eigenvalue weighted by Crippen LogP contribution is -2.19. The maximum absolute atomic E-state index is 12.4. The van der Waals surface area contributed by atoms with Gasteiger partial charge in [0.15, 0.2) is 0 Å². The molecule has 5 heteroatoms. The van der Waals surface area contributed by atoms with Gasteiger partial charge in [-0.2, -0.15) is 0 Å². The van der Waals surface area contributed by atoms with Crippen molar-refractivity contribution < 1.29 is 9.59 Å². The van der Waals surface area contributed by atoms with Crippen LogP contribution < -0.4 is 10.6 Å². The van der Waals surface area contributed by atoms with Gasteiger partial charge in [-0.1, -0.05) is 30.3 Å². The van der Waals surface area contributed by atoms with Gasteiger partial charge in [-0.25, -0.2) is 0 Å². The number of pyridine rings is 1. The second kappa shape index (κ2) is 7.57. The van der Waals surface area contributed by atoms with Crippen LogP contribution >= 0.6 is 0 Å². The number of nitrogens with one attached hydrogen (secondary N) is 2. The van der Waals surface area contributed by atoms with Gasteiger partial charge in [-0.15, -0.1) is 0 Å². The van der Waals surface area contributed by atoms with E-state index in [4.69, 9.17) is 0 Å². The number of amides is 2. The Morgan fingerprint density at radius 1 is 1.08 bits per heavy atom. The lowest BCUT2D eigenvalue weighted by Gasteiger charge is -2.09. The minimum absolute atomic E-state index is 0.0843. The first-order chi connectivity index (χ1) is 12.1. The number of benzene rings is 2. The van der Waals surface area contributed by atoms with Gasteiger partial charge in [0, 0.05) is 36.9 Å². The van der Waals surface area contributed by atoms with Crippen LogP contribution in [0.4, 0.5) is 5.69 Å². The Hall–Kier alpha value is -3.21. The van der Waals surface area contributed by atoms with Crippen LogP contribution in [0.15, 0.2) is 60.9 Å². The summed E-state index contributed by atoms with van der Waals surface area (Å²) in [6, 6.07) is 15.3. The molecule has 0 spiro atoms. The molecule has 0 radical (unpaired) electrons. The van der Waals surface area contributed by atoms with Gasteiger partial charge in [0.2, 0.25) is 11.8 Å². The van der Waals surface area contributed by atoms with Gasteiger partial charge in [-0.3, -0.25) is 14.6 Å². The summed E-state index contributed by atoms with van der Waals surface area (Å²) in [5.41, 5.74) is 2.59. The SMILES string of the molecule is CC(=O)NCc1cccc(NC(=O)Cc2cccc3ccncc23)c1. The molecule has 0 fully saturated rings. The van der Waals surface area contributed by atoms with Gasteiger partial charge >= 0.3 is 0 Å². The number of nitrogens with zero attached hydrogens (tertiary/aromatic N) is 1. The fourth-order valence-corrected chi connectivity index (χ4v) is 2.69. The highest BCUT2D eigenvalue weighted by Crippen LogP contribution is 2.18. The monoisotopic (exact) mass is 333 g/mol. The molecular weight excluding hydrogens is 314 g/mol. The molecule has 0 saturated carbocycles. The minimum atomic E-state index is -0.0898. The number of hydrogen-bond acceptors (Lipinski definition) is 3. The van der Waals surface area contributed by atoms with Crippen LogP contribution in [0.3, 0.4) is 0 Å². The van der Waals surface area contributed by atoms with Crippen LogP contribution in [-0.2, 0) is 22.6 Å². The van der Waals surface area contributed by atoms with E-state index >= 15 is 0 Å². The molecule has 1 heterocycles. The van der Waals surface area contributed by atoms with Crippen LogP contribution in [0.5, 0.6) is 0 Å². The highest BCUT2D eigenvalue weighted by molar-refractivity contribution is 5.96. The van der Waals surface area contributed by atoms with E-state index in [1.165, 1.54) is 6.92 Å². The zero-order chi connectivity index (χ0) is 17.6. The van der Waals surface area contributed by atoms with Crippen LogP contribution in [0.25, 0.3) is 10.8 Å². The highest BCUT2D eigenvalue weighted by Gasteiger charge is 2.08. The molecule has 0 aliphatic rings. The Kier molecular flexibility index (Phi) is 5.04. The average molecular weight is 333 g/mol. The Labute approximate surface area is 146 Å². The van der Waals surface area contributed by atoms with Crippen LogP contribution in [-0.4, -0.2) is 16.8 Å². The molecular formula is C20H19N3O2. The number of anilines is 1. The van der Waals surface area contributed by atoms with Crippen molar-refractivity contribution in [2.45, 2.75) is 19.9 Å². The first kappa shape index (κ1) is 16.6.